The molecule has 0 aliphatic carbocycles. The Hall–Kier alpha value is -4.68. The summed E-state index contributed by atoms with van der Waals surface area (Å²) >= 11 is 0. The predicted molar refractivity (Wildman–Crippen MR) is 135 cm³/mol. The van der Waals surface area contributed by atoms with Gasteiger partial charge in [0.05, 0.1) is 23.3 Å². The van der Waals surface area contributed by atoms with Gasteiger partial charge in [0, 0.05) is 11.8 Å². The molecular formula is C25H26F3N7O3. The molecule has 3 aromatic heterocycles. The summed E-state index contributed by atoms with van der Waals surface area (Å²) in [6.45, 7) is 4.85. The van der Waals surface area contributed by atoms with Gasteiger partial charge in [0.2, 0.25) is 12.3 Å². The summed E-state index contributed by atoms with van der Waals surface area (Å²) in [5.41, 5.74) is 8.82. The van der Waals surface area contributed by atoms with E-state index < -0.39 is 18.6 Å². The Bertz CT molecular complexity index is 1380. The number of hydrogen-bond donors (Lipinski definition) is 3. The molecule has 0 radical (unpaired) electrons. The van der Waals surface area contributed by atoms with Crippen LogP contribution in [0.15, 0.2) is 59.5 Å². The standard InChI is InChI=1S/C14H16N4O2.C11H10F3N3O/c1-9(2)10-3-5-11(6-4-10)18-7-12(16-8-19)13(17-18)14(15)20;1-7-5-18-10(17-7)8-2-3-15-9(4-8)16-6-11(12,13)14/h3-9H,1-2H3,(H2,15,20)(H,16,19);2-5H,6H2,1H3,(H,15,16). The number of nitrogens with two attached hydrogens (primary N) is 1. The second-order valence-corrected chi connectivity index (χ2v) is 8.40. The van der Waals surface area contributed by atoms with E-state index in [2.05, 4.69) is 39.5 Å². The number of oxazole rings is 1. The quantitative estimate of drug-likeness (QED) is 0.281. The highest BCUT2D eigenvalue weighted by Gasteiger charge is 2.26. The summed E-state index contributed by atoms with van der Waals surface area (Å²) in [5.74, 6) is 0.229. The summed E-state index contributed by atoms with van der Waals surface area (Å²) in [6, 6.07) is 10.9. The van der Waals surface area contributed by atoms with E-state index in [4.69, 9.17) is 10.2 Å². The van der Waals surface area contributed by atoms with E-state index >= 15 is 0 Å². The van der Waals surface area contributed by atoms with Gasteiger partial charge in [-0.05, 0) is 42.7 Å². The molecule has 0 aliphatic heterocycles. The van der Waals surface area contributed by atoms with Crippen molar-refractivity contribution in [3.8, 4) is 17.1 Å². The first-order chi connectivity index (χ1) is 18.0. The Morgan fingerprint density at radius 1 is 1.21 bits per heavy atom. The van der Waals surface area contributed by atoms with Crippen molar-refractivity contribution >= 4 is 23.8 Å². The molecule has 3 heterocycles. The van der Waals surface area contributed by atoms with Crippen LogP contribution in [0.3, 0.4) is 0 Å². The zero-order valence-corrected chi connectivity index (χ0v) is 20.8. The fourth-order valence-electron chi connectivity index (χ4n) is 3.21. The van der Waals surface area contributed by atoms with Crippen LogP contribution >= 0.6 is 0 Å². The van der Waals surface area contributed by atoms with Crippen LogP contribution in [0.2, 0.25) is 0 Å². The lowest BCUT2D eigenvalue weighted by Gasteiger charge is -2.08. The van der Waals surface area contributed by atoms with Crippen molar-refractivity contribution in [2.75, 3.05) is 17.2 Å². The van der Waals surface area contributed by atoms with Gasteiger partial charge in [-0.1, -0.05) is 26.0 Å². The number of rotatable bonds is 8. The topological polar surface area (TPSA) is 141 Å². The number of nitrogens with zero attached hydrogens (tertiary/aromatic N) is 4. The molecule has 0 fully saturated rings. The molecule has 0 saturated heterocycles. The number of aromatic nitrogens is 4. The molecule has 0 saturated carbocycles. The van der Waals surface area contributed by atoms with Crippen molar-refractivity contribution < 1.29 is 27.2 Å². The first kappa shape index (κ1) is 27.9. The fraction of sp³-hybridized carbons (Fsp3) is 0.240. The summed E-state index contributed by atoms with van der Waals surface area (Å²) in [5, 5.41) is 8.70. The number of pyridine rings is 1. The lowest BCUT2D eigenvalue weighted by molar-refractivity contribution is -0.115. The highest BCUT2D eigenvalue weighted by atomic mass is 19.4. The maximum absolute atomic E-state index is 12.0. The molecule has 0 bridgehead atoms. The fourth-order valence-corrected chi connectivity index (χ4v) is 3.21. The molecule has 200 valence electrons. The minimum absolute atomic E-state index is 0.0324. The highest BCUT2D eigenvalue weighted by Crippen LogP contribution is 2.22. The molecular weight excluding hydrogens is 503 g/mol. The van der Waals surface area contributed by atoms with Gasteiger partial charge in [0.25, 0.3) is 5.91 Å². The molecule has 10 nitrogen and oxygen atoms in total. The molecule has 38 heavy (non-hydrogen) atoms. The number of aryl methyl sites for hydroxylation is 1. The third-order valence-corrected chi connectivity index (χ3v) is 5.08. The number of carbonyl (C=O) groups is 2. The maximum atomic E-state index is 12.0. The summed E-state index contributed by atoms with van der Waals surface area (Å²) in [6.07, 6.45) is 0.623. The number of benzene rings is 1. The third kappa shape index (κ3) is 7.66. The van der Waals surface area contributed by atoms with Crippen molar-refractivity contribution in [3.05, 3.63) is 72.0 Å². The van der Waals surface area contributed by atoms with Crippen LogP contribution in [0, 0.1) is 6.92 Å². The van der Waals surface area contributed by atoms with Gasteiger partial charge in [-0.15, -0.1) is 0 Å². The van der Waals surface area contributed by atoms with Crippen LogP contribution in [-0.2, 0) is 4.79 Å². The van der Waals surface area contributed by atoms with Gasteiger partial charge in [-0.3, -0.25) is 9.59 Å². The Morgan fingerprint density at radius 3 is 2.47 bits per heavy atom. The Labute approximate surface area is 216 Å². The van der Waals surface area contributed by atoms with Crippen molar-refractivity contribution in [1.29, 1.82) is 0 Å². The molecule has 2 amide bonds. The molecule has 4 aromatic rings. The Balaban J connectivity index is 0.000000212. The molecule has 0 atom stereocenters. The van der Waals surface area contributed by atoms with Gasteiger partial charge in [-0.25, -0.2) is 14.6 Å². The minimum atomic E-state index is -4.28. The van der Waals surface area contributed by atoms with Crippen LogP contribution in [0.25, 0.3) is 17.1 Å². The van der Waals surface area contributed by atoms with Gasteiger partial charge in [-0.2, -0.15) is 18.3 Å². The van der Waals surface area contributed by atoms with Crippen LogP contribution in [0.1, 0.15) is 41.5 Å². The number of halogens is 3. The first-order valence-electron chi connectivity index (χ1n) is 11.4. The molecule has 4 N–H and O–H groups in total. The third-order valence-electron chi connectivity index (χ3n) is 5.08. The molecule has 1 aromatic carbocycles. The summed E-state index contributed by atoms with van der Waals surface area (Å²) < 4.78 is 42.8. The van der Waals surface area contributed by atoms with Crippen molar-refractivity contribution in [3.63, 3.8) is 0 Å². The Kier molecular flexibility index (Phi) is 8.84. The second kappa shape index (κ2) is 12.0. The van der Waals surface area contributed by atoms with Gasteiger partial charge in [0.15, 0.2) is 5.69 Å². The number of alkyl halides is 3. The highest BCUT2D eigenvalue weighted by molar-refractivity contribution is 5.98. The van der Waals surface area contributed by atoms with E-state index in [0.29, 0.717) is 35.2 Å². The predicted octanol–water partition coefficient (Wildman–Crippen LogP) is 4.68. The number of primary amides is 1. The second-order valence-electron chi connectivity index (χ2n) is 8.40. The Morgan fingerprint density at radius 2 is 1.92 bits per heavy atom. The van der Waals surface area contributed by atoms with Crippen molar-refractivity contribution in [2.24, 2.45) is 5.73 Å². The van der Waals surface area contributed by atoms with Crippen molar-refractivity contribution in [2.45, 2.75) is 32.9 Å². The minimum Gasteiger partial charge on any atom is -0.444 e. The van der Waals surface area contributed by atoms with Crippen LogP contribution in [0.4, 0.5) is 24.7 Å². The SMILES string of the molecule is CC(C)c1ccc(-n2cc(NC=O)c(C(N)=O)n2)cc1.Cc1coc(-c2ccnc(NCC(F)(F)F)c2)n1. The lowest BCUT2D eigenvalue weighted by Crippen LogP contribution is -2.21. The lowest BCUT2D eigenvalue weighted by atomic mass is 10.0. The molecule has 0 unspecified atom stereocenters. The van der Waals surface area contributed by atoms with Gasteiger partial charge in [0.1, 0.15) is 18.6 Å². The summed E-state index contributed by atoms with van der Waals surface area (Å²) in [4.78, 5) is 29.7. The zero-order chi connectivity index (χ0) is 27.9. The normalized spacial score (nSPS) is 11.0. The van der Waals surface area contributed by atoms with Crippen LogP contribution in [0.5, 0.6) is 0 Å². The number of anilines is 2. The molecule has 4 rings (SSSR count). The van der Waals surface area contributed by atoms with Gasteiger partial charge < -0.3 is 20.8 Å². The largest absolute Gasteiger partial charge is 0.444 e. The average Bonchev–Trinajstić information content (AvgIpc) is 3.50. The van der Waals surface area contributed by atoms with E-state index in [1.54, 1.807) is 19.2 Å². The monoisotopic (exact) mass is 529 g/mol. The van der Waals surface area contributed by atoms with E-state index in [1.807, 2.05) is 24.3 Å². The molecule has 0 spiro atoms. The van der Waals surface area contributed by atoms with Gasteiger partial charge >= 0.3 is 6.18 Å². The van der Waals surface area contributed by atoms with E-state index in [9.17, 15) is 22.8 Å². The number of amides is 2. The maximum Gasteiger partial charge on any atom is 0.405 e. The molecule has 13 heteroatoms. The number of carbonyl (C=O) groups excluding carboxylic acids is 2. The van der Waals surface area contributed by atoms with Crippen molar-refractivity contribution in [1.82, 2.24) is 19.7 Å². The van der Waals surface area contributed by atoms with Crippen LogP contribution in [-0.4, -0.2) is 44.8 Å². The first-order valence-corrected chi connectivity index (χ1v) is 11.4. The average molecular weight is 530 g/mol. The number of hydrogen-bond acceptors (Lipinski definition) is 7. The zero-order valence-electron chi connectivity index (χ0n) is 20.8. The number of nitrogens with one attached hydrogen (secondary N) is 2. The summed E-state index contributed by atoms with van der Waals surface area (Å²) in [7, 11) is 0. The van der Waals surface area contributed by atoms with E-state index in [1.165, 1.54) is 28.8 Å². The van der Waals surface area contributed by atoms with E-state index in [0.717, 1.165) is 5.69 Å². The van der Waals surface area contributed by atoms with E-state index in [-0.39, 0.29) is 11.5 Å². The molecule has 0 aliphatic rings. The smallest absolute Gasteiger partial charge is 0.405 e. The van der Waals surface area contributed by atoms with Crippen LogP contribution < -0.4 is 16.4 Å².